The summed E-state index contributed by atoms with van der Waals surface area (Å²) in [6.07, 6.45) is 2.35. The normalized spacial score (nSPS) is 26.2. The molecular formula is C12H22N2O3. The minimum atomic E-state index is -0.724. The SMILES string of the molecule is CC(NC1(CC(=O)O)CNC1)C1CCOCC1. The Morgan fingerprint density at radius 1 is 1.53 bits per heavy atom. The van der Waals surface area contributed by atoms with E-state index in [1.54, 1.807) is 0 Å². The first-order valence-corrected chi connectivity index (χ1v) is 6.39. The van der Waals surface area contributed by atoms with Gasteiger partial charge in [0.1, 0.15) is 0 Å². The molecule has 0 spiro atoms. The third-order valence-electron chi connectivity index (χ3n) is 3.92. The van der Waals surface area contributed by atoms with Gasteiger partial charge in [0, 0.05) is 32.3 Å². The lowest BCUT2D eigenvalue weighted by Gasteiger charge is -2.46. The number of carbonyl (C=O) groups is 1. The first kappa shape index (κ1) is 12.8. The van der Waals surface area contributed by atoms with E-state index in [1.807, 2.05) is 0 Å². The van der Waals surface area contributed by atoms with E-state index in [0.717, 1.165) is 39.1 Å². The van der Waals surface area contributed by atoms with Crippen LogP contribution in [0, 0.1) is 5.92 Å². The molecule has 0 aliphatic carbocycles. The van der Waals surface area contributed by atoms with E-state index in [4.69, 9.17) is 9.84 Å². The van der Waals surface area contributed by atoms with E-state index >= 15 is 0 Å². The zero-order valence-corrected chi connectivity index (χ0v) is 10.4. The highest BCUT2D eigenvalue weighted by atomic mass is 16.5. The largest absolute Gasteiger partial charge is 0.481 e. The summed E-state index contributed by atoms with van der Waals surface area (Å²) < 4.78 is 5.35. The molecule has 0 aromatic heterocycles. The number of hydrogen-bond acceptors (Lipinski definition) is 4. The van der Waals surface area contributed by atoms with E-state index < -0.39 is 5.97 Å². The summed E-state index contributed by atoms with van der Waals surface area (Å²) in [6, 6.07) is 0.361. The number of nitrogens with one attached hydrogen (secondary N) is 2. The molecule has 0 aromatic carbocycles. The number of hydrogen-bond donors (Lipinski definition) is 3. The number of rotatable bonds is 5. The average Bonchev–Trinajstić information content (AvgIpc) is 2.26. The fourth-order valence-corrected chi connectivity index (χ4v) is 2.81. The van der Waals surface area contributed by atoms with Crippen molar-refractivity contribution >= 4 is 5.97 Å². The van der Waals surface area contributed by atoms with Gasteiger partial charge in [-0.05, 0) is 25.7 Å². The highest BCUT2D eigenvalue weighted by Gasteiger charge is 2.40. The van der Waals surface area contributed by atoms with Crippen LogP contribution in [0.5, 0.6) is 0 Å². The zero-order chi connectivity index (χ0) is 12.3. The summed E-state index contributed by atoms with van der Waals surface area (Å²) in [7, 11) is 0. The quantitative estimate of drug-likeness (QED) is 0.643. The van der Waals surface area contributed by atoms with Crippen molar-refractivity contribution in [1.29, 1.82) is 0 Å². The number of aliphatic carboxylic acids is 1. The van der Waals surface area contributed by atoms with Gasteiger partial charge in [0.15, 0.2) is 0 Å². The second-order valence-corrected chi connectivity index (χ2v) is 5.34. The standard InChI is InChI=1S/C12H22N2O3/c1-9(10-2-4-17-5-3-10)14-12(6-11(15)16)7-13-8-12/h9-10,13-14H,2-8H2,1H3,(H,15,16). The van der Waals surface area contributed by atoms with Crippen molar-refractivity contribution < 1.29 is 14.6 Å². The third-order valence-corrected chi connectivity index (χ3v) is 3.92. The van der Waals surface area contributed by atoms with Crippen molar-refractivity contribution in [2.45, 2.75) is 37.8 Å². The van der Waals surface area contributed by atoms with E-state index in [2.05, 4.69) is 17.6 Å². The van der Waals surface area contributed by atoms with Crippen LogP contribution in [0.4, 0.5) is 0 Å². The van der Waals surface area contributed by atoms with Crippen LogP contribution in [0.2, 0.25) is 0 Å². The van der Waals surface area contributed by atoms with Crippen LogP contribution in [0.25, 0.3) is 0 Å². The average molecular weight is 242 g/mol. The molecular weight excluding hydrogens is 220 g/mol. The number of ether oxygens (including phenoxy) is 1. The number of carboxylic acid groups (broad SMARTS) is 1. The van der Waals surface area contributed by atoms with Crippen molar-refractivity contribution in [3.63, 3.8) is 0 Å². The molecule has 0 bridgehead atoms. The minimum absolute atomic E-state index is 0.202. The summed E-state index contributed by atoms with van der Waals surface area (Å²) in [5.74, 6) is -0.117. The summed E-state index contributed by atoms with van der Waals surface area (Å²) in [6.45, 7) is 5.35. The summed E-state index contributed by atoms with van der Waals surface area (Å²) >= 11 is 0. The topological polar surface area (TPSA) is 70.6 Å². The zero-order valence-electron chi connectivity index (χ0n) is 10.4. The second kappa shape index (κ2) is 5.33. The smallest absolute Gasteiger partial charge is 0.305 e. The Hall–Kier alpha value is -0.650. The third kappa shape index (κ3) is 3.18. The van der Waals surface area contributed by atoms with Gasteiger partial charge in [-0.15, -0.1) is 0 Å². The van der Waals surface area contributed by atoms with Crippen LogP contribution in [-0.4, -0.2) is 49.0 Å². The molecule has 3 N–H and O–H groups in total. The maximum atomic E-state index is 10.9. The Kier molecular flexibility index (Phi) is 4.01. The van der Waals surface area contributed by atoms with E-state index in [1.165, 1.54) is 0 Å². The Morgan fingerprint density at radius 2 is 2.18 bits per heavy atom. The maximum absolute atomic E-state index is 10.9. The molecule has 1 unspecified atom stereocenters. The summed E-state index contributed by atoms with van der Waals surface area (Å²) in [5, 5.41) is 15.6. The van der Waals surface area contributed by atoms with Crippen molar-refractivity contribution in [2.75, 3.05) is 26.3 Å². The van der Waals surface area contributed by atoms with Crippen molar-refractivity contribution in [2.24, 2.45) is 5.92 Å². The predicted molar refractivity (Wildman–Crippen MR) is 64.0 cm³/mol. The van der Waals surface area contributed by atoms with Gasteiger partial charge in [0.05, 0.1) is 12.0 Å². The monoisotopic (exact) mass is 242 g/mol. The molecule has 5 nitrogen and oxygen atoms in total. The molecule has 17 heavy (non-hydrogen) atoms. The fourth-order valence-electron chi connectivity index (χ4n) is 2.81. The lowest BCUT2D eigenvalue weighted by Crippen LogP contribution is -2.70. The Morgan fingerprint density at radius 3 is 2.65 bits per heavy atom. The van der Waals surface area contributed by atoms with Gasteiger partial charge in [-0.2, -0.15) is 0 Å². The van der Waals surface area contributed by atoms with Gasteiger partial charge < -0.3 is 20.5 Å². The Bertz CT molecular complexity index is 273. The molecule has 5 heteroatoms. The minimum Gasteiger partial charge on any atom is -0.481 e. The molecule has 2 saturated heterocycles. The lowest BCUT2D eigenvalue weighted by atomic mass is 9.84. The molecule has 98 valence electrons. The molecule has 2 fully saturated rings. The fraction of sp³-hybridized carbons (Fsp3) is 0.917. The molecule has 2 heterocycles. The van der Waals surface area contributed by atoms with E-state index in [9.17, 15) is 4.79 Å². The molecule has 0 saturated carbocycles. The maximum Gasteiger partial charge on any atom is 0.305 e. The molecule has 2 rings (SSSR count). The lowest BCUT2D eigenvalue weighted by molar-refractivity contribution is -0.139. The van der Waals surface area contributed by atoms with Crippen LogP contribution >= 0.6 is 0 Å². The van der Waals surface area contributed by atoms with Crippen LogP contribution in [-0.2, 0) is 9.53 Å². The van der Waals surface area contributed by atoms with Gasteiger partial charge in [-0.3, -0.25) is 4.79 Å². The van der Waals surface area contributed by atoms with Gasteiger partial charge in [-0.25, -0.2) is 0 Å². The molecule has 0 aromatic rings. The summed E-state index contributed by atoms with van der Waals surface area (Å²) in [4.78, 5) is 10.9. The number of carboxylic acids is 1. The van der Waals surface area contributed by atoms with Gasteiger partial charge in [0.25, 0.3) is 0 Å². The second-order valence-electron chi connectivity index (χ2n) is 5.34. The van der Waals surface area contributed by atoms with Gasteiger partial charge >= 0.3 is 5.97 Å². The van der Waals surface area contributed by atoms with Crippen molar-refractivity contribution in [3.8, 4) is 0 Å². The van der Waals surface area contributed by atoms with Crippen LogP contribution in [0.3, 0.4) is 0 Å². The molecule has 1 atom stereocenters. The predicted octanol–water partition coefficient (Wildman–Crippen LogP) is 0.208. The van der Waals surface area contributed by atoms with Crippen LogP contribution < -0.4 is 10.6 Å². The van der Waals surface area contributed by atoms with E-state index in [-0.39, 0.29) is 12.0 Å². The van der Waals surface area contributed by atoms with Crippen molar-refractivity contribution in [1.82, 2.24) is 10.6 Å². The first-order valence-electron chi connectivity index (χ1n) is 6.39. The van der Waals surface area contributed by atoms with E-state index in [0.29, 0.717) is 12.0 Å². The van der Waals surface area contributed by atoms with Crippen molar-refractivity contribution in [3.05, 3.63) is 0 Å². The highest BCUT2D eigenvalue weighted by Crippen LogP contribution is 2.23. The Balaban J connectivity index is 1.86. The van der Waals surface area contributed by atoms with Gasteiger partial charge in [-0.1, -0.05) is 0 Å². The van der Waals surface area contributed by atoms with Crippen LogP contribution in [0.1, 0.15) is 26.2 Å². The van der Waals surface area contributed by atoms with Crippen LogP contribution in [0.15, 0.2) is 0 Å². The van der Waals surface area contributed by atoms with Gasteiger partial charge in [0.2, 0.25) is 0 Å². The molecule has 2 aliphatic heterocycles. The Labute approximate surface area is 102 Å². The summed E-state index contributed by atoms with van der Waals surface area (Å²) in [5.41, 5.74) is -0.233. The molecule has 2 aliphatic rings. The molecule has 0 amide bonds. The molecule has 0 radical (unpaired) electrons. The first-order chi connectivity index (χ1) is 8.11. The highest BCUT2D eigenvalue weighted by molar-refractivity contribution is 5.68.